The van der Waals surface area contributed by atoms with Gasteiger partial charge in [0.15, 0.2) is 11.5 Å². The van der Waals surface area contributed by atoms with E-state index in [1.165, 1.54) is 4.90 Å². The second-order valence-corrected chi connectivity index (χ2v) is 8.51. The molecule has 0 bridgehead atoms. The van der Waals surface area contributed by atoms with E-state index < -0.39 is 0 Å². The Balaban J connectivity index is 1.48. The smallest absolute Gasteiger partial charge is 0.293 e. The van der Waals surface area contributed by atoms with Crippen molar-refractivity contribution in [3.63, 3.8) is 0 Å². The molecule has 0 saturated carbocycles. The minimum absolute atomic E-state index is 0.203. The lowest BCUT2D eigenvalue weighted by Gasteiger charge is -2.12. The zero-order chi connectivity index (χ0) is 22.5. The van der Waals surface area contributed by atoms with Crippen molar-refractivity contribution in [3.8, 4) is 11.5 Å². The Labute approximate surface area is 195 Å². The van der Waals surface area contributed by atoms with Crippen LogP contribution in [0.15, 0.2) is 77.7 Å². The van der Waals surface area contributed by atoms with Crippen LogP contribution in [-0.4, -0.2) is 23.2 Å². The lowest BCUT2D eigenvalue weighted by molar-refractivity contribution is -0.123. The molecule has 32 heavy (non-hydrogen) atoms. The van der Waals surface area contributed by atoms with Gasteiger partial charge in [0.05, 0.1) is 18.6 Å². The minimum atomic E-state index is -0.321. The van der Waals surface area contributed by atoms with E-state index >= 15 is 0 Å². The molecule has 1 aliphatic heterocycles. The molecule has 3 aromatic carbocycles. The van der Waals surface area contributed by atoms with Crippen LogP contribution in [0.2, 0.25) is 5.02 Å². The van der Waals surface area contributed by atoms with Crippen LogP contribution >= 0.6 is 23.4 Å². The molecule has 4 rings (SSSR count). The van der Waals surface area contributed by atoms with Crippen molar-refractivity contribution in [2.24, 2.45) is 0 Å². The average Bonchev–Trinajstić information content (AvgIpc) is 3.07. The van der Waals surface area contributed by atoms with Gasteiger partial charge in [-0.3, -0.25) is 14.5 Å². The van der Waals surface area contributed by atoms with E-state index in [4.69, 9.17) is 21.1 Å². The number of carbonyl (C=O) groups excluding carboxylic acids is 2. The first kappa shape index (κ1) is 22.0. The van der Waals surface area contributed by atoms with E-state index in [1.54, 1.807) is 49.6 Å². The summed E-state index contributed by atoms with van der Waals surface area (Å²) in [7, 11) is 1.56. The van der Waals surface area contributed by atoms with Crippen LogP contribution in [-0.2, 0) is 17.9 Å². The summed E-state index contributed by atoms with van der Waals surface area (Å²) in [6, 6.07) is 22.3. The number of nitrogens with zero attached hydrogens (tertiary/aromatic N) is 1. The summed E-state index contributed by atoms with van der Waals surface area (Å²) in [5, 5.41) is 0.305. The lowest BCUT2D eigenvalue weighted by Crippen LogP contribution is -2.27. The summed E-state index contributed by atoms with van der Waals surface area (Å²) in [4.78, 5) is 26.8. The number of imide groups is 1. The third-order valence-corrected chi connectivity index (χ3v) is 6.01. The number of benzene rings is 3. The standard InChI is InChI=1S/C25H20ClNO4S/c1-30-22-13-19(9-12-21(22)31-16-18-5-3-2-4-6-18)14-23-24(28)27(25(29)32-23)15-17-7-10-20(26)11-8-17/h2-14H,15-16H2,1H3. The number of hydrogen-bond acceptors (Lipinski definition) is 5. The maximum absolute atomic E-state index is 12.8. The molecule has 0 aliphatic carbocycles. The molecule has 0 spiro atoms. The normalized spacial score (nSPS) is 14.8. The van der Waals surface area contributed by atoms with E-state index in [-0.39, 0.29) is 17.7 Å². The molecule has 0 atom stereocenters. The average molecular weight is 466 g/mol. The summed E-state index contributed by atoms with van der Waals surface area (Å²) >= 11 is 6.83. The molecule has 5 nitrogen and oxygen atoms in total. The Bertz CT molecular complexity index is 1160. The molecule has 162 valence electrons. The molecule has 2 amide bonds. The fraction of sp³-hybridized carbons (Fsp3) is 0.120. The second-order valence-electron chi connectivity index (χ2n) is 7.08. The van der Waals surface area contributed by atoms with Gasteiger partial charge >= 0.3 is 0 Å². The topological polar surface area (TPSA) is 55.8 Å². The van der Waals surface area contributed by atoms with Crippen molar-refractivity contribution in [2.45, 2.75) is 13.2 Å². The van der Waals surface area contributed by atoms with Crippen molar-refractivity contribution in [3.05, 3.63) is 99.4 Å². The monoisotopic (exact) mass is 465 g/mol. The fourth-order valence-electron chi connectivity index (χ4n) is 3.19. The van der Waals surface area contributed by atoms with E-state index in [0.29, 0.717) is 28.0 Å². The molecule has 0 aromatic heterocycles. The Kier molecular flexibility index (Phi) is 6.83. The van der Waals surface area contributed by atoms with E-state index in [0.717, 1.165) is 28.5 Å². The molecule has 7 heteroatoms. The van der Waals surface area contributed by atoms with Crippen molar-refractivity contribution >= 4 is 40.6 Å². The largest absolute Gasteiger partial charge is 0.493 e. The van der Waals surface area contributed by atoms with E-state index in [1.807, 2.05) is 36.4 Å². The number of hydrogen-bond donors (Lipinski definition) is 0. The molecule has 1 aliphatic rings. The highest BCUT2D eigenvalue weighted by Crippen LogP contribution is 2.35. The van der Waals surface area contributed by atoms with Gasteiger partial charge in [-0.05, 0) is 58.8 Å². The van der Waals surface area contributed by atoms with Gasteiger partial charge in [-0.1, -0.05) is 60.1 Å². The lowest BCUT2D eigenvalue weighted by atomic mass is 10.1. The molecule has 1 saturated heterocycles. The van der Waals surface area contributed by atoms with Crippen molar-refractivity contribution < 1.29 is 19.1 Å². The predicted octanol–water partition coefficient (Wildman–Crippen LogP) is 6.16. The highest BCUT2D eigenvalue weighted by molar-refractivity contribution is 8.18. The number of thioether (sulfide) groups is 1. The van der Waals surface area contributed by atoms with Gasteiger partial charge in [0, 0.05) is 5.02 Å². The number of rotatable bonds is 7. The van der Waals surface area contributed by atoms with Crippen molar-refractivity contribution in [1.29, 1.82) is 0 Å². The zero-order valence-corrected chi connectivity index (χ0v) is 18.9. The Hall–Kier alpha value is -3.22. The van der Waals surface area contributed by atoms with Gasteiger partial charge in [-0.15, -0.1) is 0 Å². The number of carbonyl (C=O) groups is 2. The first-order chi connectivity index (χ1) is 15.5. The second kappa shape index (κ2) is 9.94. The summed E-state index contributed by atoms with van der Waals surface area (Å²) in [6.45, 7) is 0.620. The van der Waals surface area contributed by atoms with Crippen LogP contribution in [0.3, 0.4) is 0 Å². The summed E-state index contributed by atoms with van der Waals surface area (Å²) < 4.78 is 11.3. The third kappa shape index (κ3) is 5.15. The van der Waals surface area contributed by atoms with Crippen LogP contribution < -0.4 is 9.47 Å². The number of methoxy groups -OCH3 is 1. The number of halogens is 1. The number of ether oxygens (including phenoxy) is 2. The Morgan fingerprint density at radius 3 is 2.41 bits per heavy atom. The molecule has 0 N–H and O–H groups in total. The quantitative estimate of drug-likeness (QED) is 0.391. The van der Waals surface area contributed by atoms with Crippen molar-refractivity contribution in [1.82, 2.24) is 4.90 Å². The van der Waals surface area contributed by atoms with Crippen LogP contribution in [0, 0.1) is 0 Å². The maximum Gasteiger partial charge on any atom is 0.293 e. The first-order valence-corrected chi connectivity index (χ1v) is 11.1. The highest BCUT2D eigenvalue weighted by Gasteiger charge is 2.35. The summed E-state index contributed by atoms with van der Waals surface area (Å²) in [5.74, 6) is 0.831. The van der Waals surface area contributed by atoms with Crippen LogP contribution in [0.1, 0.15) is 16.7 Å². The van der Waals surface area contributed by atoms with Crippen LogP contribution in [0.5, 0.6) is 11.5 Å². The molecular weight excluding hydrogens is 446 g/mol. The predicted molar refractivity (Wildman–Crippen MR) is 127 cm³/mol. The molecule has 1 fully saturated rings. The molecule has 0 unspecified atom stereocenters. The van der Waals surface area contributed by atoms with Gasteiger partial charge in [0.1, 0.15) is 6.61 Å². The Morgan fingerprint density at radius 2 is 1.69 bits per heavy atom. The van der Waals surface area contributed by atoms with Crippen molar-refractivity contribution in [2.75, 3.05) is 7.11 Å². The zero-order valence-electron chi connectivity index (χ0n) is 17.3. The SMILES string of the molecule is COc1cc(C=C2SC(=O)N(Cc3ccc(Cl)cc3)C2=O)ccc1OCc1ccccc1. The van der Waals surface area contributed by atoms with Gasteiger partial charge in [0.2, 0.25) is 0 Å². The van der Waals surface area contributed by atoms with Gasteiger partial charge < -0.3 is 9.47 Å². The van der Waals surface area contributed by atoms with Crippen LogP contribution in [0.4, 0.5) is 4.79 Å². The molecule has 1 heterocycles. The fourth-order valence-corrected chi connectivity index (χ4v) is 4.15. The highest BCUT2D eigenvalue weighted by atomic mass is 35.5. The van der Waals surface area contributed by atoms with E-state index in [2.05, 4.69) is 0 Å². The molecule has 0 radical (unpaired) electrons. The van der Waals surface area contributed by atoms with E-state index in [9.17, 15) is 9.59 Å². The molecule has 3 aromatic rings. The Morgan fingerprint density at radius 1 is 0.938 bits per heavy atom. The maximum atomic E-state index is 12.8. The number of amides is 2. The third-order valence-electron chi connectivity index (χ3n) is 4.85. The molecular formula is C25H20ClNO4S. The summed E-state index contributed by atoms with van der Waals surface area (Å²) in [6.07, 6.45) is 1.69. The summed E-state index contributed by atoms with van der Waals surface area (Å²) in [5.41, 5.74) is 2.62. The van der Waals surface area contributed by atoms with Gasteiger partial charge in [0.25, 0.3) is 11.1 Å². The van der Waals surface area contributed by atoms with Gasteiger partial charge in [-0.25, -0.2) is 0 Å². The first-order valence-electron chi connectivity index (χ1n) is 9.88. The van der Waals surface area contributed by atoms with Gasteiger partial charge in [-0.2, -0.15) is 0 Å². The van der Waals surface area contributed by atoms with Crippen LogP contribution in [0.25, 0.3) is 6.08 Å². The minimum Gasteiger partial charge on any atom is -0.493 e.